The lowest BCUT2D eigenvalue weighted by molar-refractivity contribution is -0.385. The summed E-state index contributed by atoms with van der Waals surface area (Å²) in [5, 5.41) is 10.9. The van der Waals surface area contributed by atoms with Crippen LogP contribution in [0.5, 0.6) is 5.75 Å². The van der Waals surface area contributed by atoms with Gasteiger partial charge in [-0.2, -0.15) is 0 Å². The van der Waals surface area contributed by atoms with E-state index in [1.165, 1.54) is 0 Å². The molecule has 110 valence electrons. The van der Waals surface area contributed by atoms with Gasteiger partial charge in [0.15, 0.2) is 0 Å². The second-order valence-electron chi connectivity index (χ2n) is 4.68. The number of ether oxygens (including phenoxy) is 1. The average molecular weight is 290 g/mol. The molecule has 0 fully saturated rings. The van der Waals surface area contributed by atoms with Crippen molar-refractivity contribution in [2.24, 2.45) is 5.73 Å². The predicted octanol–water partition coefficient (Wildman–Crippen LogP) is 3.33. The van der Waals surface area contributed by atoms with E-state index in [9.17, 15) is 14.5 Å². The number of rotatable bonds is 5. The third-order valence-corrected chi connectivity index (χ3v) is 3.04. The van der Waals surface area contributed by atoms with Gasteiger partial charge in [-0.05, 0) is 36.8 Å². The Bertz CT molecular complexity index is 642. The van der Waals surface area contributed by atoms with Gasteiger partial charge in [0.05, 0.1) is 10.5 Å². The molecule has 0 heterocycles. The summed E-state index contributed by atoms with van der Waals surface area (Å²) in [5.74, 6) is 0.00413. The van der Waals surface area contributed by atoms with E-state index in [1.54, 1.807) is 12.1 Å². The summed E-state index contributed by atoms with van der Waals surface area (Å²) in [7, 11) is 0. The molecule has 0 unspecified atom stereocenters. The van der Waals surface area contributed by atoms with Crippen LogP contribution in [0.2, 0.25) is 0 Å². The number of nitro benzene ring substituents is 1. The quantitative estimate of drug-likeness (QED) is 0.676. The number of nitrogens with two attached hydrogens (primary N) is 1. The SMILES string of the molecule is C[C@@H](N)c1ccc(OCc2cc(F)ccc2[N+](=O)[O-])cc1. The molecule has 2 aromatic carbocycles. The lowest BCUT2D eigenvalue weighted by Crippen LogP contribution is -2.05. The van der Waals surface area contributed by atoms with Gasteiger partial charge >= 0.3 is 0 Å². The first-order valence-electron chi connectivity index (χ1n) is 6.38. The number of nitro groups is 1. The van der Waals surface area contributed by atoms with E-state index in [0.717, 1.165) is 23.8 Å². The molecule has 0 aliphatic heterocycles. The summed E-state index contributed by atoms with van der Waals surface area (Å²) in [6, 6.07) is 10.3. The second-order valence-corrected chi connectivity index (χ2v) is 4.68. The van der Waals surface area contributed by atoms with E-state index in [4.69, 9.17) is 10.5 Å². The molecule has 21 heavy (non-hydrogen) atoms. The monoisotopic (exact) mass is 290 g/mol. The highest BCUT2D eigenvalue weighted by Gasteiger charge is 2.15. The molecule has 6 heteroatoms. The summed E-state index contributed by atoms with van der Waals surface area (Å²) in [6.07, 6.45) is 0. The Morgan fingerprint density at radius 1 is 1.29 bits per heavy atom. The van der Waals surface area contributed by atoms with Gasteiger partial charge in [0.25, 0.3) is 5.69 Å². The standard InChI is InChI=1S/C15H15FN2O3/c1-10(17)11-2-5-14(6-3-11)21-9-12-8-13(16)4-7-15(12)18(19)20/h2-8,10H,9,17H2,1H3/t10-/m1/s1. The molecule has 2 aromatic rings. The Kier molecular flexibility index (Phi) is 4.49. The maximum atomic E-state index is 13.2. The highest BCUT2D eigenvalue weighted by atomic mass is 19.1. The summed E-state index contributed by atoms with van der Waals surface area (Å²) in [5.41, 5.74) is 6.73. The zero-order valence-electron chi connectivity index (χ0n) is 11.5. The Balaban J connectivity index is 2.12. The Labute approximate surface area is 121 Å². The van der Waals surface area contributed by atoms with Crippen LogP contribution in [0, 0.1) is 15.9 Å². The van der Waals surface area contributed by atoms with Crippen LogP contribution < -0.4 is 10.5 Å². The fourth-order valence-corrected chi connectivity index (χ4v) is 1.88. The van der Waals surface area contributed by atoms with Crippen LogP contribution in [0.15, 0.2) is 42.5 Å². The van der Waals surface area contributed by atoms with E-state index in [1.807, 2.05) is 19.1 Å². The zero-order valence-corrected chi connectivity index (χ0v) is 11.5. The van der Waals surface area contributed by atoms with Crippen molar-refractivity contribution in [2.75, 3.05) is 0 Å². The van der Waals surface area contributed by atoms with Gasteiger partial charge in [-0.25, -0.2) is 4.39 Å². The lowest BCUT2D eigenvalue weighted by Gasteiger charge is -2.09. The summed E-state index contributed by atoms with van der Waals surface area (Å²) < 4.78 is 18.6. The number of benzene rings is 2. The van der Waals surface area contributed by atoms with Crippen molar-refractivity contribution >= 4 is 5.69 Å². The molecule has 0 saturated heterocycles. The van der Waals surface area contributed by atoms with E-state index in [-0.39, 0.29) is 23.9 Å². The average Bonchev–Trinajstić information content (AvgIpc) is 2.45. The molecule has 0 bridgehead atoms. The van der Waals surface area contributed by atoms with Gasteiger partial charge in [-0.1, -0.05) is 12.1 Å². The number of halogens is 1. The van der Waals surface area contributed by atoms with Crippen LogP contribution >= 0.6 is 0 Å². The van der Waals surface area contributed by atoms with Gasteiger partial charge in [0.2, 0.25) is 0 Å². The lowest BCUT2D eigenvalue weighted by atomic mass is 10.1. The van der Waals surface area contributed by atoms with Crippen LogP contribution in [0.3, 0.4) is 0 Å². The van der Waals surface area contributed by atoms with Crippen molar-refractivity contribution in [1.82, 2.24) is 0 Å². The van der Waals surface area contributed by atoms with E-state index in [0.29, 0.717) is 5.75 Å². The van der Waals surface area contributed by atoms with Crippen molar-refractivity contribution in [3.63, 3.8) is 0 Å². The Morgan fingerprint density at radius 2 is 1.95 bits per heavy atom. The minimum Gasteiger partial charge on any atom is -0.489 e. The molecule has 0 amide bonds. The van der Waals surface area contributed by atoms with Crippen molar-refractivity contribution in [3.05, 3.63) is 69.5 Å². The molecule has 2 N–H and O–H groups in total. The third kappa shape index (κ3) is 3.76. The fourth-order valence-electron chi connectivity index (χ4n) is 1.88. The fraction of sp³-hybridized carbons (Fsp3) is 0.200. The smallest absolute Gasteiger partial charge is 0.276 e. The van der Waals surface area contributed by atoms with Crippen LogP contribution in [-0.4, -0.2) is 4.92 Å². The van der Waals surface area contributed by atoms with Crippen molar-refractivity contribution in [2.45, 2.75) is 19.6 Å². The first-order valence-corrected chi connectivity index (χ1v) is 6.38. The normalized spacial score (nSPS) is 12.0. The molecule has 1 atom stereocenters. The summed E-state index contributed by atoms with van der Waals surface area (Å²) in [6.45, 7) is 1.79. The minimum absolute atomic E-state index is 0.0778. The number of nitrogens with zero attached hydrogens (tertiary/aromatic N) is 1. The largest absolute Gasteiger partial charge is 0.489 e. The summed E-state index contributed by atoms with van der Waals surface area (Å²) in [4.78, 5) is 10.3. The van der Waals surface area contributed by atoms with Gasteiger partial charge < -0.3 is 10.5 Å². The molecule has 0 aliphatic rings. The van der Waals surface area contributed by atoms with Gasteiger partial charge in [-0.15, -0.1) is 0 Å². The van der Waals surface area contributed by atoms with Crippen LogP contribution in [0.1, 0.15) is 24.1 Å². The van der Waals surface area contributed by atoms with Gasteiger partial charge in [0, 0.05) is 12.1 Å². The van der Waals surface area contributed by atoms with Crippen LogP contribution in [0.4, 0.5) is 10.1 Å². The molecule has 0 aliphatic carbocycles. The number of hydrogen-bond acceptors (Lipinski definition) is 4. The topological polar surface area (TPSA) is 78.4 Å². The molecule has 0 aromatic heterocycles. The molecule has 5 nitrogen and oxygen atoms in total. The maximum Gasteiger partial charge on any atom is 0.276 e. The van der Waals surface area contributed by atoms with Gasteiger partial charge in [-0.3, -0.25) is 10.1 Å². The first-order chi connectivity index (χ1) is 9.97. The summed E-state index contributed by atoms with van der Waals surface area (Å²) >= 11 is 0. The molecular weight excluding hydrogens is 275 g/mol. The molecular formula is C15H15FN2O3. The molecule has 0 saturated carbocycles. The van der Waals surface area contributed by atoms with Crippen LogP contribution in [0.25, 0.3) is 0 Å². The van der Waals surface area contributed by atoms with Crippen LogP contribution in [-0.2, 0) is 6.61 Å². The number of hydrogen-bond donors (Lipinski definition) is 1. The van der Waals surface area contributed by atoms with E-state index < -0.39 is 10.7 Å². The highest BCUT2D eigenvalue weighted by Crippen LogP contribution is 2.22. The third-order valence-electron chi connectivity index (χ3n) is 3.04. The van der Waals surface area contributed by atoms with E-state index in [2.05, 4.69) is 0 Å². The molecule has 2 rings (SSSR count). The Hall–Kier alpha value is -2.47. The Morgan fingerprint density at radius 3 is 2.52 bits per heavy atom. The van der Waals surface area contributed by atoms with Gasteiger partial charge in [0.1, 0.15) is 18.2 Å². The van der Waals surface area contributed by atoms with Crippen molar-refractivity contribution in [3.8, 4) is 5.75 Å². The predicted molar refractivity (Wildman–Crippen MR) is 76.4 cm³/mol. The van der Waals surface area contributed by atoms with Crippen molar-refractivity contribution in [1.29, 1.82) is 0 Å². The second kappa shape index (κ2) is 6.32. The molecule has 0 radical (unpaired) electrons. The highest BCUT2D eigenvalue weighted by molar-refractivity contribution is 5.40. The first kappa shape index (κ1) is 14.9. The maximum absolute atomic E-state index is 13.2. The van der Waals surface area contributed by atoms with E-state index >= 15 is 0 Å². The molecule has 0 spiro atoms. The van der Waals surface area contributed by atoms with Crippen molar-refractivity contribution < 1.29 is 14.1 Å². The zero-order chi connectivity index (χ0) is 15.4. The minimum atomic E-state index is -0.558.